The predicted octanol–water partition coefficient (Wildman–Crippen LogP) is -1.31. The van der Waals surface area contributed by atoms with Crippen molar-refractivity contribution in [1.82, 2.24) is 4.90 Å². The third-order valence-corrected chi connectivity index (χ3v) is 9.91. The van der Waals surface area contributed by atoms with Gasteiger partial charge >= 0.3 is 5.97 Å². The van der Waals surface area contributed by atoms with Gasteiger partial charge in [-0.15, -0.1) is 0 Å². The Morgan fingerprint density at radius 3 is 2.15 bits per heavy atom. The van der Waals surface area contributed by atoms with Gasteiger partial charge in [-0.05, 0) is 68.0 Å². The molecule has 9 N–H and O–H groups in total. The maximum Gasteiger partial charge on any atom is 0.335 e. The molecule has 2 unspecified atom stereocenters. The minimum absolute atomic E-state index is 0.109. The number of methoxy groups -OCH3 is 2. The van der Waals surface area contributed by atoms with Crippen LogP contribution >= 0.6 is 0 Å². The van der Waals surface area contributed by atoms with E-state index in [-0.39, 0.29) is 11.7 Å². The number of likely N-dealkylation sites (tertiary alicyclic amines) is 1. The molecule has 2 heterocycles. The number of carboxylic acid groups (broad SMARTS) is 1. The molecular formula is C36H51NO15. The highest BCUT2D eigenvalue weighted by molar-refractivity contribution is 6.02. The number of carbonyl (C=O) groups excluding carboxylic acids is 1. The van der Waals surface area contributed by atoms with Gasteiger partial charge in [0.25, 0.3) is 0 Å². The van der Waals surface area contributed by atoms with Crippen LogP contribution in [0.25, 0.3) is 0 Å². The largest absolute Gasteiger partial charge is 0.493 e. The Labute approximate surface area is 301 Å². The fraction of sp³-hybridized carbons (Fsp3) is 0.611. The number of ketones is 1. The van der Waals surface area contributed by atoms with Crippen LogP contribution in [-0.4, -0.2) is 158 Å². The molecule has 5 rings (SSSR count). The Morgan fingerprint density at radius 1 is 0.942 bits per heavy atom. The van der Waals surface area contributed by atoms with Crippen molar-refractivity contribution in [2.45, 2.75) is 87.3 Å². The standard InChI is InChI=1S/C24H29NO3.C12H22O12/c1-27-22-14-19-13-20(24(26)21(19)15-23(22)28-2)12-17-8-10-25(11-9-17)16-18-6-4-3-5-7-18;13-1-3(15)10(7(18)8(19)11(21)22)24-12-9(20)6(17)5(16)4(2-14)23-12/h3-7,14-15,17,20H,8-13,16H2,1-2H3;3-10,12-20H,1-2H2,(H,21,22)/t;3-,4-,5+,6+,7-,8-,9-,10?,12+/m.1/s1. The molecule has 0 saturated carbocycles. The van der Waals surface area contributed by atoms with Crippen LogP contribution in [0, 0.1) is 11.8 Å². The van der Waals surface area contributed by atoms with E-state index in [1.54, 1.807) is 14.2 Å². The summed E-state index contributed by atoms with van der Waals surface area (Å²) in [5.41, 5.74) is 3.31. The van der Waals surface area contributed by atoms with Crippen LogP contribution in [0.3, 0.4) is 0 Å². The van der Waals surface area contributed by atoms with Gasteiger partial charge in [-0.2, -0.15) is 0 Å². The summed E-state index contributed by atoms with van der Waals surface area (Å²) in [4.78, 5) is 26.2. The van der Waals surface area contributed by atoms with E-state index in [0.29, 0.717) is 17.4 Å². The minimum atomic E-state index is -2.39. The second-order valence-electron chi connectivity index (χ2n) is 13.4. The summed E-state index contributed by atoms with van der Waals surface area (Å²) in [6.45, 7) is 1.51. The number of piperidine rings is 1. The molecule has 10 atom stereocenters. The average molecular weight is 738 g/mol. The van der Waals surface area contributed by atoms with E-state index in [4.69, 9.17) is 34.3 Å². The van der Waals surface area contributed by atoms with Crippen molar-refractivity contribution in [3.63, 3.8) is 0 Å². The molecule has 0 radical (unpaired) electrons. The highest BCUT2D eigenvalue weighted by Gasteiger charge is 2.47. The van der Waals surface area contributed by atoms with Crippen molar-refractivity contribution in [3.8, 4) is 11.5 Å². The zero-order valence-corrected chi connectivity index (χ0v) is 29.2. The quantitative estimate of drug-likeness (QED) is 0.109. The lowest BCUT2D eigenvalue weighted by molar-refractivity contribution is -0.326. The van der Waals surface area contributed by atoms with Gasteiger partial charge in [0, 0.05) is 18.0 Å². The number of nitrogens with zero attached hydrogens (tertiary/aromatic N) is 1. The molecule has 1 aliphatic carbocycles. The van der Waals surface area contributed by atoms with Gasteiger partial charge in [0.05, 0.1) is 27.4 Å². The molecule has 3 aliphatic rings. The van der Waals surface area contributed by atoms with E-state index in [1.165, 1.54) is 18.4 Å². The van der Waals surface area contributed by atoms with E-state index in [9.17, 15) is 40.2 Å². The molecule has 0 amide bonds. The van der Waals surface area contributed by atoms with Crippen molar-refractivity contribution in [2.75, 3.05) is 40.5 Å². The van der Waals surface area contributed by atoms with Crippen molar-refractivity contribution in [2.24, 2.45) is 11.8 Å². The lowest BCUT2D eigenvalue weighted by Crippen LogP contribution is -2.61. The number of benzene rings is 2. The van der Waals surface area contributed by atoms with Gasteiger partial charge in [0.1, 0.15) is 42.7 Å². The summed E-state index contributed by atoms with van der Waals surface area (Å²) < 4.78 is 20.8. The van der Waals surface area contributed by atoms with Crippen LogP contribution in [0.15, 0.2) is 42.5 Å². The number of aliphatic carboxylic acids is 1. The number of rotatable bonds is 14. The van der Waals surface area contributed by atoms with E-state index in [0.717, 1.165) is 43.6 Å². The SMILES string of the molecule is COc1cc2c(cc1OC)C(=O)C(CC1CCN(Cc3ccccc3)CC1)C2.O=C(O)[C@H](O)[C@@H](O)C(O[C@@H]1O[C@H](CO)[C@H](O)[C@H](O)[C@H]1O)[C@H](O)CO. The number of hydrogen-bond donors (Lipinski definition) is 9. The van der Waals surface area contributed by atoms with Gasteiger partial charge in [0.15, 0.2) is 29.7 Å². The Hall–Kier alpha value is -3.26. The van der Waals surface area contributed by atoms with Gasteiger partial charge in [-0.1, -0.05) is 30.3 Å². The summed E-state index contributed by atoms with van der Waals surface area (Å²) >= 11 is 0. The molecule has 16 nitrogen and oxygen atoms in total. The zero-order chi connectivity index (χ0) is 38.1. The second-order valence-corrected chi connectivity index (χ2v) is 13.4. The molecular weight excluding hydrogens is 686 g/mol. The first-order valence-corrected chi connectivity index (χ1v) is 17.2. The number of carbonyl (C=O) groups is 2. The third-order valence-electron chi connectivity index (χ3n) is 9.91. The molecule has 0 bridgehead atoms. The first-order chi connectivity index (χ1) is 24.8. The fourth-order valence-corrected chi connectivity index (χ4v) is 6.88. The second kappa shape index (κ2) is 19.2. The van der Waals surface area contributed by atoms with Crippen LogP contribution in [0.1, 0.15) is 40.7 Å². The molecule has 0 spiro atoms. The topological polar surface area (TPSA) is 256 Å². The molecule has 2 saturated heterocycles. The van der Waals surface area contributed by atoms with Gasteiger partial charge in [0.2, 0.25) is 0 Å². The van der Waals surface area contributed by atoms with Gasteiger partial charge < -0.3 is 64.9 Å². The Kier molecular flexibility index (Phi) is 15.3. The summed E-state index contributed by atoms with van der Waals surface area (Å²) in [6, 6.07) is 14.5. The average Bonchev–Trinajstić information content (AvgIpc) is 3.46. The lowest BCUT2D eigenvalue weighted by Gasteiger charge is -2.42. The molecule has 52 heavy (non-hydrogen) atoms. The van der Waals surface area contributed by atoms with Crippen molar-refractivity contribution in [1.29, 1.82) is 0 Å². The summed E-state index contributed by atoms with van der Waals surface area (Å²) in [5, 5.41) is 84.5. The number of hydrogen-bond acceptors (Lipinski definition) is 15. The molecule has 2 fully saturated rings. The van der Waals surface area contributed by atoms with Gasteiger partial charge in [-0.3, -0.25) is 9.69 Å². The highest BCUT2D eigenvalue weighted by atomic mass is 16.7. The van der Waals surface area contributed by atoms with Crippen molar-refractivity contribution >= 4 is 11.8 Å². The monoisotopic (exact) mass is 737 g/mol. The van der Waals surface area contributed by atoms with Crippen LogP contribution < -0.4 is 9.47 Å². The van der Waals surface area contributed by atoms with Crippen LogP contribution in [0.2, 0.25) is 0 Å². The third kappa shape index (κ3) is 10.0. The van der Waals surface area contributed by atoms with Crippen molar-refractivity contribution < 1.29 is 74.5 Å². The van der Waals surface area contributed by atoms with E-state index in [2.05, 4.69) is 35.2 Å². The highest BCUT2D eigenvalue weighted by Crippen LogP contribution is 2.39. The van der Waals surface area contributed by atoms with Crippen LogP contribution in [-0.2, 0) is 27.2 Å². The molecule has 2 aromatic rings. The van der Waals surface area contributed by atoms with E-state index < -0.39 is 74.3 Å². The Morgan fingerprint density at radius 2 is 1.58 bits per heavy atom. The zero-order valence-electron chi connectivity index (χ0n) is 29.2. The molecule has 16 heteroatoms. The minimum Gasteiger partial charge on any atom is -0.493 e. The van der Waals surface area contributed by atoms with E-state index >= 15 is 0 Å². The first-order valence-electron chi connectivity index (χ1n) is 17.2. The Balaban J connectivity index is 0.000000236. The smallest absolute Gasteiger partial charge is 0.335 e. The molecule has 2 aromatic carbocycles. The number of aliphatic hydroxyl groups is 8. The van der Waals surface area contributed by atoms with Crippen LogP contribution in [0.4, 0.5) is 0 Å². The van der Waals surface area contributed by atoms with Crippen LogP contribution in [0.5, 0.6) is 11.5 Å². The predicted molar refractivity (Wildman–Crippen MR) is 182 cm³/mol. The maximum absolute atomic E-state index is 12.9. The molecule has 2 aliphatic heterocycles. The molecule has 290 valence electrons. The van der Waals surface area contributed by atoms with E-state index in [1.807, 2.05) is 12.1 Å². The number of carboxylic acids is 1. The number of ether oxygens (including phenoxy) is 4. The maximum atomic E-state index is 12.9. The number of Topliss-reactive ketones (excluding diaryl/α,β-unsaturated/α-hetero) is 1. The van der Waals surface area contributed by atoms with Gasteiger partial charge in [-0.25, -0.2) is 4.79 Å². The summed E-state index contributed by atoms with van der Waals surface area (Å²) in [7, 11) is 3.26. The normalized spacial score (nSPS) is 27.5. The number of fused-ring (bicyclic) bond motifs is 1. The fourth-order valence-electron chi connectivity index (χ4n) is 6.88. The van der Waals surface area contributed by atoms with Crippen molar-refractivity contribution in [3.05, 3.63) is 59.2 Å². The first kappa shape index (κ1) is 41.5. The lowest BCUT2D eigenvalue weighted by atomic mass is 9.85. The number of aliphatic hydroxyl groups excluding tert-OH is 8. The summed E-state index contributed by atoms with van der Waals surface area (Å²) in [6.07, 6.45) is -12.7. The molecule has 0 aromatic heterocycles. The Bertz CT molecular complexity index is 1440. The summed E-state index contributed by atoms with van der Waals surface area (Å²) in [5.74, 6) is 0.544.